The maximum Gasteiger partial charge on any atom is 0.0568 e. The zero-order valence-corrected chi connectivity index (χ0v) is 8.21. The average molecular weight is 193 g/mol. The highest BCUT2D eigenvalue weighted by atomic mass is 32.1. The molecule has 0 radical (unpaired) electrons. The Balaban J connectivity index is 2.35. The van der Waals surface area contributed by atoms with Crippen molar-refractivity contribution in [1.29, 1.82) is 0 Å². The fraction of sp³-hybridized carbons (Fsp3) is 0.222. The quantitative estimate of drug-likeness (QED) is 0.787. The van der Waals surface area contributed by atoms with Gasteiger partial charge in [-0.05, 0) is 17.0 Å². The van der Waals surface area contributed by atoms with Crippen molar-refractivity contribution in [2.45, 2.75) is 6.54 Å². The first-order valence-corrected chi connectivity index (χ1v) is 4.94. The van der Waals surface area contributed by atoms with Gasteiger partial charge in [0.2, 0.25) is 0 Å². The van der Waals surface area contributed by atoms with E-state index < -0.39 is 0 Å². The van der Waals surface area contributed by atoms with Crippen molar-refractivity contribution in [2.24, 2.45) is 12.8 Å². The van der Waals surface area contributed by atoms with E-state index in [4.69, 9.17) is 5.73 Å². The molecule has 0 unspecified atom stereocenters. The van der Waals surface area contributed by atoms with Crippen LogP contribution in [0, 0.1) is 0 Å². The first-order valence-electron chi connectivity index (χ1n) is 4.06. The second-order valence-electron chi connectivity index (χ2n) is 2.91. The van der Waals surface area contributed by atoms with Gasteiger partial charge in [0, 0.05) is 30.2 Å². The lowest BCUT2D eigenvalue weighted by atomic mass is 10.2. The standard InChI is InChI=1S/C9H11N3S/c1-12-5-8(4-11-12)7-2-9(3-10)13-6-7/h2,4-6H,3,10H2,1H3. The van der Waals surface area contributed by atoms with Gasteiger partial charge < -0.3 is 5.73 Å². The normalized spacial score (nSPS) is 10.6. The molecule has 68 valence electrons. The number of rotatable bonds is 2. The van der Waals surface area contributed by atoms with E-state index in [9.17, 15) is 0 Å². The van der Waals surface area contributed by atoms with E-state index in [1.54, 1.807) is 16.0 Å². The average Bonchev–Trinajstić information content (AvgIpc) is 2.71. The van der Waals surface area contributed by atoms with Crippen LogP contribution >= 0.6 is 11.3 Å². The number of hydrogen-bond acceptors (Lipinski definition) is 3. The van der Waals surface area contributed by atoms with Crippen LogP contribution in [0.3, 0.4) is 0 Å². The molecule has 2 aromatic heterocycles. The van der Waals surface area contributed by atoms with Crippen molar-refractivity contribution in [3.8, 4) is 11.1 Å². The van der Waals surface area contributed by atoms with Gasteiger partial charge in [0.1, 0.15) is 0 Å². The number of thiophene rings is 1. The van der Waals surface area contributed by atoms with E-state index in [1.165, 1.54) is 10.4 Å². The van der Waals surface area contributed by atoms with Gasteiger partial charge in [-0.15, -0.1) is 11.3 Å². The summed E-state index contributed by atoms with van der Waals surface area (Å²) in [7, 11) is 1.92. The first kappa shape index (κ1) is 8.47. The van der Waals surface area contributed by atoms with Gasteiger partial charge in [0.25, 0.3) is 0 Å². The van der Waals surface area contributed by atoms with Crippen LogP contribution in [0.25, 0.3) is 11.1 Å². The molecule has 0 saturated carbocycles. The molecule has 13 heavy (non-hydrogen) atoms. The molecule has 0 amide bonds. The summed E-state index contributed by atoms with van der Waals surface area (Å²) in [6, 6.07) is 2.11. The molecule has 0 saturated heterocycles. The summed E-state index contributed by atoms with van der Waals surface area (Å²) in [4.78, 5) is 1.21. The molecular weight excluding hydrogens is 182 g/mol. The molecule has 0 aliphatic heterocycles. The smallest absolute Gasteiger partial charge is 0.0568 e. The number of hydrogen-bond donors (Lipinski definition) is 1. The third-order valence-electron chi connectivity index (χ3n) is 1.89. The molecule has 0 aliphatic carbocycles. The van der Waals surface area contributed by atoms with E-state index >= 15 is 0 Å². The fourth-order valence-corrected chi connectivity index (χ4v) is 1.98. The highest BCUT2D eigenvalue weighted by Gasteiger charge is 2.02. The first-order chi connectivity index (χ1) is 6.29. The van der Waals surface area contributed by atoms with Gasteiger partial charge in [-0.25, -0.2) is 0 Å². The zero-order chi connectivity index (χ0) is 9.26. The molecule has 0 spiro atoms. The van der Waals surface area contributed by atoms with Gasteiger partial charge in [-0.3, -0.25) is 4.68 Å². The Morgan fingerprint density at radius 1 is 1.54 bits per heavy atom. The summed E-state index contributed by atoms with van der Waals surface area (Å²) in [5, 5.41) is 6.23. The number of aryl methyl sites for hydroxylation is 1. The van der Waals surface area contributed by atoms with Gasteiger partial charge in [-0.2, -0.15) is 5.10 Å². The summed E-state index contributed by atoms with van der Waals surface area (Å²) in [6.07, 6.45) is 3.87. The Hall–Kier alpha value is -1.13. The monoisotopic (exact) mass is 193 g/mol. The molecule has 0 fully saturated rings. The lowest BCUT2D eigenvalue weighted by Crippen LogP contribution is -1.91. The van der Waals surface area contributed by atoms with Crippen molar-refractivity contribution >= 4 is 11.3 Å². The molecular formula is C9H11N3S. The second-order valence-corrected chi connectivity index (χ2v) is 3.90. The SMILES string of the molecule is Cn1cc(-c2csc(CN)c2)cn1. The molecule has 2 N–H and O–H groups in total. The van der Waals surface area contributed by atoms with Gasteiger partial charge in [0.15, 0.2) is 0 Å². The minimum atomic E-state index is 0.616. The predicted molar refractivity (Wildman–Crippen MR) is 54.4 cm³/mol. The molecule has 0 bridgehead atoms. The Labute approximate surface area is 80.8 Å². The van der Waals surface area contributed by atoms with Gasteiger partial charge >= 0.3 is 0 Å². The number of nitrogens with zero attached hydrogens (tertiary/aromatic N) is 2. The summed E-state index contributed by atoms with van der Waals surface area (Å²) < 4.78 is 1.80. The number of aromatic nitrogens is 2. The molecule has 2 heterocycles. The number of nitrogens with two attached hydrogens (primary N) is 1. The van der Waals surface area contributed by atoms with Gasteiger partial charge in [0.05, 0.1) is 6.20 Å². The minimum absolute atomic E-state index is 0.616. The van der Waals surface area contributed by atoms with E-state index in [0.29, 0.717) is 6.54 Å². The van der Waals surface area contributed by atoms with Crippen LogP contribution in [-0.2, 0) is 13.6 Å². The molecule has 0 aromatic carbocycles. The predicted octanol–water partition coefficient (Wildman–Crippen LogP) is 1.61. The van der Waals surface area contributed by atoms with Crippen LogP contribution in [0.5, 0.6) is 0 Å². The lowest BCUT2D eigenvalue weighted by molar-refractivity contribution is 0.768. The van der Waals surface area contributed by atoms with Crippen molar-refractivity contribution in [3.05, 3.63) is 28.7 Å². The third kappa shape index (κ3) is 1.64. The molecule has 2 rings (SSSR count). The van der Waals surface area contributed by atoms with Crippen molar-refractivity contribution in [1.82, 2.24) is 9.78 Å². The van der Waals surface area contributed by atoms with Gasteiger partial charge in [-0.1, -0.05) is 0 Å². The van der Waals surface area contributed by atoms with E-state index in [0.717, 1.165) is 5.56 Å². The summed E-state index contributed by atoms with van der Waals surface area (Å²) >= 11 is 1.69. The van der Waals surface area contributed by atoms with Crippen molar-refractivity contribution in [3.63, 3.8) is 0 Å². The van der Waals surface area contributed by atoms with Crippen molar-refractivity contribution < 1.29 is 0 Å². The fourth-order valence-electron chi connectivity index (χ4n) is 1.21. The molecule has 3 nitrogen and oxygen atoms in total. The Bertz CT molecular complexity index is 402. The van der Waals surface area contributed by atoms with E-state index in [2.05, 4.69) is 16.5 Å². The van der Waals surface area contributed by atoms with Crippen LogP contribution in [0.1, 0.15) is 4.88 Å². The maximum absolute atomic E-state index is 5.54. The minimum Gasteiger partial charge on any atom is -0.326 e. The lowest BCUT2D eigenvalue weighted by Gasteiger charge is -1.88. The Morgan fingerprint density at radius 2 is 2.38 bits per heavy atom. The summed E-state index contributed by atoms with van der Waals surface area (Å²) in [5.74, 6) is 0. The summed E-state index contributed by atoms with van der Waals surface area (Å²) in [6.45, 7) is 0.616. The van der Waals surface area contributed by atoms with Crippen LogP contribution in [0.4, 0.5) is 0 Å². The Kier molecular flexibility index (Phi) is 2.16. The van der Waals surface area contributed by atoms with Crippen LogP contribution < -0.4 is 5.73 Å². The van der Waals surface area contributed by atoms with Crippen LogP contribution in [-0.4, -0.2) is 9.78 Å². The second kappa shape index (κ2) is 3.32. The third-order valence-corrected chi connectivity index (χ3v) is 2.85. The van der Waals surface area contributed by atoms with E-state index in [1.807, 2.05) is 19.4 Å². The summed E-state index contributed by atoms with van der Waals surface area (Å²) in [5.41, 5.74) is 7.89. The highest BCUT2D eigenvalue weighted by molar-refractivity contribution is 7.10. The highest BCUT2D eigenvalue weighted by Crippen LogP contribution is 2.24. The Morgan fingerprint density at radius 3 is 2.92 bits per heavy atom. The van der Waals surface area contributed by atoms with E-state index in [-0.39, 0.29) is 0 Å². The maximum atomic E-state index is 5.54. The van der Waals surface area contributed by atoms with Crippen LogP contribution in [0.2, 0.25) is 0 Å². The van der Waals surface area contributed by atoms with Crippen molar-refractivity contribution in [2.75, 3.05) is 0 Å². The molecule has 2 aromatic rings. The molecule has 4 heteroatoms. The largest absolute Gasteiger partial charge is 0.326 e. The molecule has 0 atom stereocenters. The topological polar surface area (TPSA) is 43.8 Å². The van der Waals surface area contributed by atoms with Crippen LogP contribution in [0.15, 0.2) is 23.8 Å². The zero-order valence-electron chi connectivity index (χ0n) is 7.40. The molecule has 0 aliphatic rings.